The van der Waals surface area contributed by atoms with E-state index in [9.17, 15) is 18.0 Å². The predicted molar refractivity (Wildman–Crippen MR) is 106 cm³/mol. The molecular weight excluding hydrogens is 411 g/mol. The Morgan fingerprint density at radius 2 is 1.89 bits per heavy atom. The van der Waals surface area contributed by atoms with Crippen LogP contribution in [0.5, 0.6) is 0 Å². The zero-order chi connectivity index (χ0) is 19.9. The van der Waals surface area contributed by atoms with Crippen molar-refractivity contribution in [2.24, 2.45) is 5.92 Å². The third-order valence-electron chi connectivity index (χ3n) is 4.31. The van der Waals surface area contributed by atoms with Crippen molar-refractivity contribution in [2.75, 3.05) is 15.4 Å². The predicted octanol–water partition coefficient (Wildman–Crippen LogP) is 3.87. The van der Waals surface area contributed by atoms with Crippen LogP contribution in [-0.4, -0.2) is 26.0 Å². The topological polar surface area (TPSA) is 83.6 Å². The highest BCUT2D eigenvalue weighted by Gasteiger charge is 2.42. The van der Waals surface area contributed by atoms with Gasteiger partial charge in [0.2, 0.25) is 15.9 Å². The Balaban J connectivity index is 1.98. The maximum atomic E-state index is 12.7. The zero-order valence-corrected chi connectivity index (χ0v) is 16.8. The highest BCUT2D eigenvalue weighted by Crippen LogP contribution is 2.32. The average molecular weight is 427 g/mol. The van der Waals surface area contributed by atoms with Gasteiger partial charge in [-0.25, -0.2) is 12.7 Å². The monoisotopic (exact) mass is 426 g/mol. The summed E-state index contributed by atoms with van der Waals surface area (Å²) in [7, 11) is -3.77. The molecule has 1 unspecified atom stereocenters. The summed E-state index contributed by atoms with van der Waals surface area (Å²) in [6.07, 6.45) is 0. The van der Waals surface area contributed by atoms with Crippen molar-refractivity contribution in [3.8, 4) is 0 Å². The first kappa shape index (κ1) is 19.7. The van der Waals surface area contributed by atoms with E-state index in [2.05, 4.69) is 5.32 Å². The molecule has 3 rings (SSSR count). The number of anilines is 2. The zero-order valence-electron chi connectivity index (χ0n) is 14.5. The Morgan fingerprint density at radius 3 is 2.52 bits per heavy atom. The van der Waals surface area contributed by atoms with E-state index in [-0.39, 0.29) is 22.0 Å². The summed E-state index contributed by atoms with van der Waals surface area (Å²) in [5.74, 6) is -1.98. The lowest BCUT2D eigenvalue weighted by atomic mass is 10.1. The first-order chi connectivity index (χ1) is 12.6. The third kappa shape index (κ3) is 3.67. The van der Waals surface area contributed by atoms with E-state index < -0.39 is 27.8 Å². The lowest BCUT2D eigenvalue weighted by Crippen LogP contribution is -2.30. The SMILES string of the molecule is Cc1c(Cl)cccc1NC(=O)c1cc(N2C(=O)C(C)CS2(=O)=O)ccc1Cl. The summed E-state index contributed by atoms with van der Waals surface area (Å²) in [5, 5.41) is 3.33. The van der Waals surface area contributed by atoms with Gasteiger partial charge in [-0.15, -0.1) is 0 Å². The average Bonchev–Trinajstić information content (AvgIpc) is 2.80. The van der Waals surface area contributed by atoms with Crippen LogP contribution in [0.1, 0.15) is 22.8 Å². The van der Waals surface area contributed by atoms with E-state index in [1.807, 2.05) is 0 Å². The van der Waals surface area contributed by atoms with Crippen LogP contribution < -0.4 is 9.62 Å². The van der Waals surface area contributed by atoms with E-state index in [0.717, 1.165) is 4.31 Å². The molecule has 0 aliphatic carbocycles. The fourth-order valence-electron chi connectivity index (χ4n) is 2.83. The first-order valence-corrected chi connectivity index (χ1v) is 10.4. The van der Waals surface area contributed by atoms with Gasteiger partial charge in [0.1, 0.15) is 0 Å². The third-order valence-corrected chi connectivity index (χ3v) is 6.91. The van der Waals surface area contributed by atoms with Gasteiger partial charge in [-0.2, -0.15) is 0 Å². The number of halogens is 2. The fourth-order valence-corrected chi connectivity index (χ4v) is 5.02. The summed E-state index contributed by atoms with van der Waals surface area (Å²) in [6.45, 7) is 3.30. The Morgan fingerprint density at radius 1 is 1.19 bits per heavy atom. The van der Waals surface area contributed by atoms with Crippen LogP contribution in [-0.2, 0) is 14.8 Å². The molecule has 0 bridgehead atoms. The molecular formula is C18H16Cl2N2O4S. The molecule has 0 aromatic heterocycles. The van der Waals surface area contributed by atoms with Crippen LogP contribution in [0.15, 0.2) is 36.4 Å². The second-order valence-electron chi connectivity index (χ2n) is 6.31. The van der Waals surface area contributed by atoms with Crippen LogP contribution >= 0.6 is 23.2 Å². The lowest BCUT2D eigenvalue weighted by molar-refractivity contribution is -0.119. The van der Waals surface area contributed by atoms with Crippen LogP contribution in [0.25, 0.3) is 0 Å². The first-order valence-electron chi connectivity index (χ1n) is 8.04. The van der Waals surface area contributed by atoms with Gasteiger partial charge in [0.25, 0.3) is 5.91 Å². The number of sulfonamides is 1. The Bertz CT molecular complexity index is 1050. The molecule has 1 saturated heterocycles. The summed E-state index contributed by atoms with van der Waals surface area (Å²) in [4.78, 5) is 24.9. The minimum Gasteiger partial charge on any atom is -0.322 e. The number of rotatable bonds is 3. The van der Waals surface area contributed by atoms with Crippen LogP contribution in [0.2, 0.25) is 10.0 Å². The smallest absolute Gasteiger partial charge is 0.257 e. The Kier molecular flexibility index (Phi) is 5.20. The van der Waals surface area contributed by atoms with E-state index in [1.54, 1.807) is 32.0 Å². The molecule has 2 aromatic carbocycles. The van der Waals surface area contributed by atoms with Gasteiger partial charge in [-0.05, 0) is 42.8 Å². The van der Waals surface area contributed by atoms with Crippen molar-refractivity contribution in [3.05, 3.63) is 57.6 Å². The van der Waals surface area contributed by atoms with Gasteiger partial charge in [-0.3, -0.25) is 9.59 Å². The van der Waals surface area contributed by atoms with Gasteiger partial charge < -0.3 is 5.32 Å². The molecule has 1 aliphatic rings. The lowest BCUT2D eigenvalue weighted by Gasteiger charge is -2.17. The molecule has 1 atom stereocenters. The van der Waals surface area contributed by atoms with Gasteiger partial charge in [-0.1, -0.05) is 36.2 Å². The van der Waals surface area contributed by atoms with Crippen molar-refractivity contribution < 1.29 is 18.0 Å². The minimum atomic E-state index is -3.77. The molecule has 1 heterocycles. The van der Waals surface area contributed by atoms with Crippen LogP contribution in [0.4, 0.5) is 11.4 Å². The van der Waals surface area contributed by atoms with Gasteiger partial charge in [0, 0.05) is 10.7 Å². The summed E-state index contributed by atoms with van der Waals surface area (Å²) < 4.78 is 25.3. The van der Waals surface area contributed by atoms with Crippen molar-refractivity contribution in [1.82, 2.24) is 0 Å². The maximum Gasteiger partial charge on any atom is 0.257 e. The summed E-state index contributed by atoms with van der Waals surface area (Å²) in [5.41, 5.74) is 1.33. The normalized spacial score (nSPS) is 18.6. The number of carbonyl (C=O) groups excluding carboxylic acids is 2. The van der Waals surface area contributed by atoms with Crippen molar-refractivity contribution in [3.63, 3.8) is 0 Å². The van der Waals surface area contributed by atoms with Gasteiger partial charge >= 0.3 is 0 Å². The highest BCUT2D eigenvalue weighted by molar-refractivity contribution is 7.94. The van der Waals surface area contributed by atoms with E-state index >= 15 is 0 Å². The largest absolute Gasteiger partial charge is 0.322 e. The number of amides is 2. The molecule has 27 heavy (non-hydrogen) atoms. The van der Waals surface area contributed by atoms with Crippen molar-refractivity contribution >= 4 is 56.4 Å². The number of nitrogens with zero attached hydrogens (tertiary/aromatic N) is 1. The minimum absolute atomic E-state index is 0.0519. The van der Waals surface area contributed by atoms with Crippen molar-refractivity contribution in [2.45, 2.75) is 13.8 Å². The quantitative estimate of drug-likeness (QED) is 0.806. The van der Waals surface area contributed by atoms with E-state index in [4.69, 9.17) is 23.2 Å². The molecule has 1 aliphatic heterocycles. The Labute approximate surface area is 167 Å². The van der Waals surface area contributed by atoms with Gasteiger partial charge in [0.15, 0.2) is 0 Å². The highest BCUT2D eigenvalue weighted by atomic mass is 35.5. The molecule has 142 valence electrons. The second-order valence-corrected chi connectivity index (χ2v) is 8.99. The number of carbonyl (C=O) groups is 2. The molecule has 2 amide bonds. The summed E-state index contributed by atoms with van der Waals surface area (Å²) >= 11 is 12.2. The number of hydrogen-bond acceptors (Lipinski definition) is 4. The maximum absolute atomic E-state index is 12.7. The van der Waals surface area contributed by atoms with E-state index in [1.165, 1.54) is 18.2 Å². The molecule has 0 spiro atoms. The molecule has 9 heteroatoms. The van der Waals surface area contributed by atoms with Crippen molar-refractivity contribution in [1.29, 1.82) is 0 Å². The molecule has 0 saturated carbocycles. The Hall–Kier alpha value is -2.09. The fraction of sp³-hybridized carbons (Fsp3) is 0.222. The number of nitrogens with one attached hydrogen (secondary N) is 1. The standard InChI is InChI=1S/C18H16Cl2N2O4S/c1-10-9-27(25,26)22(18(10)24)12-6-7-15(20)13(8-12)17(23)21-16-5-3-4-14(19)11(16)2/h3-8,10H,9H2,1-2H3,(H,21,23). The molecule has 0 radical (unpaired) electrons. The second kappa shape index (κ2) is 7.14. The number of benzene rings is 2. The molecule has 2 aromatic rings. The van der Waals surface area contributed by atoms with Crippen LogP contribution in [0.3, 0.4) is 0 Å². The number of hydrogen-bond donors (Lipinski definition) is 1. The van der Waals surface area contributed by atoms with E-state index in [0.29, 0.717) is 16.3 Å². The molecule has 1 N–H and O–H groups in total. The summed E-state index contributed by atoms with van der Waals surface area (Å²) in [6, 6.07) is 9.17. The van der Waals surface area contributed by atoms with Crippen LogP contribution in [0, 0.1) is 12.8 Å². The molecule has 1 fully saturated rings. The molecule has 6 nitrogen and oxygen atoms in total. The van der Waals surface area contributed by atoms with Gasteiger partial charge in [0.05, 0.1) is 27.9 Å².